The van der Waals surface area contributed by atoms with Crippen LogP contribution in [0.15, 0.2) is 36.9 Å². The molecule has 3 aliphatic heterocycles. The highest BCUT2D eigenvalue weighted by Crippen LogP contribution is 2.29. The molecule has 0 radical (unpaired) electrons. The Bertz CT molecular complexity index is 744. The van der Waals surface area contributed by atoms with Crippen LogP contribution >= 0.6 is 0 Å². The average Bonchev–Trinajstić information content (AvgIpc) is 2.87. The SMILES string of the molecule is Cc1nccn1CCC(=O)N1C[C@@H]2CC[C@H]1CN(Cc1cccnc1)C2. The van der Waals surface area contributed by atoms with Gasteiger partial charge >= 0.3 is 0 Å². The summed E-state index contributed by atoms with van der Waals surface area (Å²) in [4.78, 5) is 26.0. The number of amides is 1. The highest BCUT2D eigenvalue weighted by Gasteiger charge is 2.36. The monoisotopic (exact) mass is 353 g/mol. The predicted octanol–water partition coefficient (Wildman–Crippen LogP) is 2.10. The topological polar surface area (TPSA) is 54.3 Å². The Hall–Kier alpha value is -2.21. The summed E-state index contributed by atoms with van der Waals surface area (Å²) in [6.45, 7) is 6.59. The van der Waals surface area contributed by atoms with E-state index in [9.17, 15) is 4.79 Å². The van der Waals surface area contributed by atoms with E-state index in [1.54, 1.807) is 6.20 Å². The molecule has 3 saturated heterocycles. The van der Waals surface area contributed by atoms with Crippen LogP contribution in [0.4, 0.5) is 0 Å². The molecule has 2 aromatic rings. The second-order valence-electron chi connectivity index (χ2n) is 7.62. The Labute approximate surface area is 154 Å². The molecule has 0 spiro atoms. The van der Waals surface area contributed by atoms with E-state index in [-0.39, 0.29) is 5.91 Å². The smallest absolute Gasteiger partial charge is 0.224 e. The van der Waals surface area contributed by atoms with Crippen LogP contribution in [0.1, 0.15) is 30.7 Å². The van der Waals surface area contributed by atoms with Gasteiger partial charge in [0.05, 0.1) is 0 Å². The fourth-order valence-electron chi connectivity index (χ4n) is 4.36. The molecular formula is C20H27N5O. The van der Waals surface area contributed by atoms with Crippen LogP contribution in [0.2, 0.25) is 0 Å². The van der Waals surface area contributed by atoms with Crippen LogP contribution in [0.25, 0.3) is 0 Å². The first-order valence-corrected chi connectivity index (χ1v) is 9.57. The number of carbonyl (C=O) groups is 1. The number of piperidine rings is 1. The number of carbonyl (C=O) groups excluding carboxylic acids is 1. The van der Waals surface area contributed by atoms with Gasteiger partial charge in [-0.1, -0.05) is 6.07 Å². The Morgan fingerprint density at radius 3 is 2.92 bits per heavy atom. The maximum atomic E-state index is 12.9. The summed E-state index contributed by atoms with van der Waals surface area (Å²) < 4.78 is 2.06. The fourth-order valence-corrected chi connectivity index (χ4v) is 4.36. The standard InChI is InChI=1S/C20H27N5O/c1-16-22-8-10-24(16)9-6-20(26)25-14-18-4-5-19(25)15-23(13-18)12-17-3-2-7-21-11-17/h2-3,7-8,10-11,18-19H,4-6,9,12-15H2,1H3/t18-,19+/m1/s1. The number of imidazole rings is 1. The molecule has 0 aliphatic carbocycles. The third-order valence-electron chi connectivity index (χ3n) is 5.73. The van der Waals surface area contributed by atoms with Crippen molar-refractivity contribution in [1.29, 1.82) is 0 Å². The first-order chi connectivity index (χ1) is 12.7. The van der Waals surface area contributed by atoms with E-state index in [1.807, 2.05) is 31.6 Å². The molecule has 138 valence electrons. The quantitative estimate of drug-likeness (QED) is 0.826. The average molecular weight is 353 g/mol. The van der Waals surface area contributed by atoms with Gasteiger partial charge in [-0.2, -0.15) is 0 Å². The van der Waals surface area contributed by atoms with Gasteiger partial charge in [-0.15, -0.1) is 0 Å². The van der Waals surface area contributed by atoms with Crippen molar-refractivity contribution in [3.63, 3.8) is 0 Å². The van der Waals surface area contributed by atoms with Crippen molar-refractivity contribution < 1.29 is 4.79 Å². The molecule has 6 heteroatoms. The van der Waals surface area contributed by atoms with Crippen LogP contribution in [-0.2, 0) is 17.9 Å². The van der Waals surface area contributed by atoms with Gasteiger partial charge in [0.15, 0.2) is 0 Å². The third kappa shape index (κ3) is 3.80. The maximum Gasteiger partial charge on any atom is 0.224 e. The van der Waals surface area contributed by atoms with Crippen molar-refractivity contribution in [2.24, 2.45) is 5.92 Å². The minimum atomic E-state index is 0.288. The number of rotatable bonds is 5. The Morgan fingerprint density at radius 1 is 1.23 bits per heavy atom. The van der Waals surface area contributed by atoms with E-state index in [0.717, 1.165) is 45.0 Å². The van der Waals surface area contributed by atoms with Crippen LogP contribution in [-0.4, -0.2) is 55.9 Å². The van der Waals surface area contributed by atoms with Crippen molar-refractivity contribution in [1.82, 2.24) is 24.3 Å². The minimum Gasteiger partial charge on any atom is -0.338 e. The molecule has 0 unspecified atom stereocenters. The molecule has 5 rings (SSSR count). The van der Waals surface area contributed by atoms with Crippen LogP contribution in [0, 0.1) is 12.8 Å². The summed E-state index contributed by atoms with van der Waals surface area (Å²) in [5.74, 6) is 1.85. The molecule has 2 atom stereocenters. The van der Waals surface area contributed by atoms with Crippen molar-refractivity contribution >= 4 is 5.91 Å². The van der Waals surface area contributed by atoms with Crippen LogP contribution in [0.5, 0.6) is 0 Å². The van der Waals surface area contributed by atoms with Crippen molar-refractivity contribution in [3.05, 3.63) is 48.3 Å². The van der Waals surface area contributed by atoms with E-state index in [2.05, 4.69) is 30.4 Å². The number of hydrogen-bond donors (Lipinski definition) is 0. The van der Waals surface area contributed by atoms with Gasteiger partial charge in [0.1, 0.15) is 5.82 Å². The summed E-state index contributed by atoms with van der Waals surface area (Å²) in [5, 5.41) is 0. The van der Waals surface area contributed by atoms with Crippen molar-refractivity contribution in [3.8, 4) is 0 Å². The van der Waals surface area contributed by atoms with Gasteiger partial charge in [0, 0.05) is 70.0 Å². The maximum absolute atomic E-state index is 12.9. The second kappa shape index (κ2) is 7.58. The van der Waals surface area contributed by atoms with Gasteiger partial charge in [0.25, 0.3) is 0 Å². The van der Waals surface area contributed by atoms with Gasteiger partial charge in [0.2, 0.25) is 5.91 Å². The molecule has 0 saturated carbocycles. The predicted molar refractivity (Wildman–Crippen MR) is 99.3 cm³/mol. The molecular weight excluding hydrogens is 326 g/mol. The molecule has 3 fully saturated rings. The zero-order valence-electron chi connectivity index (χ0n) is 15.4. The van der Waals surface area contributed by atoms with Crippen molar-refractivity contribution in [2.75, 3.05) is 19.6 Å². The van der Waals surface area contributed by atoms with E-state index in [1.165, 1.54) is 12.0 Å². The summed E-state index contributed by atoms with van der Waals surface area (Å²) >= 11 is 0. The van der Waals surface area contributed by atoms with Gasteiger partial charge < -0.3 is 9.47 Å². The van der Waals surface area contributed by atoms with Gasteiger partial charge in [-0.3, -0.25) is 14.7 Å². The van der Waals surface area contributed by atoms with E-state index < -0.39 is 0 Å². The molecule has 6 nitrogen and oxygen atoms in total. The van der Waals surface area contributed by atoms with Gasteiger partial charge in [-0.25, -0.2) is 4.98 Å². The highest BCUT2D eigenvalue weighted by atomic mass is 16.2. The lowest BCUT2D eigenvalue weighted by Crippen LogP contribution is -2.47. The first kappa shape index (κ1) is 17.2. The fraction of sp³-hybridized carbons (Fsp3) is 0.550. The van der Waals surface area contributed by atoms with E-state index in [4.69, 9.17) is 0 Å². The lowest BCUT2D eigenvalue weighted by Gasteiger charge is -2.36. The number of fused-ring (bicyclic) bond motifs is 4. The summed E-state index contributed by atoms with van der Waals surface area (Å²) in [5.41, 5.74) is 1.25. The third-order valence-corrected chi connectivity index (χ3v) is 5.73. The lowest BCUT2D eigenvalue weighted by molar-refractivity contribution is -0.135. The lowest BCUT2D eigenvalue weighted by atomic mass is 9.94. The molecule has 1 amide bonds. The number of nitrogens with zero attached hydrogens (tertiary/aromatic N) is 5. The molecule has 26 heavy (non-hydrogen) atoms. The molecule has 0 N–H and O–H groups in total. The highest BCUT2D eigenvalue weighted by molar-refractivity contribution is 5.76. The number of pyridine rings is 1. The summed E-state index contributed by atoms with van der Waals surface area (Å²) in [6, 6.07) is 4.48. The Morgan fingerprint density at radius 2 is 2.15 bits per heavy atom. The summed E-state index contributed by atoms with van der Waals surface area (Å²) in [7, 11) is 0. The first-order valence-electron chi connectivity index (χ1n) is 9.57. The normalized spacial score (nSPS) is 23.2. The Kier molecular flexibility index (Phi) is 5.02. The molecule has 0 aromatic carbocycles. The van der Waals surface area contributed by atoms with Crippen LogP contribution in [0.3, 0.4) is 0 Å². The zero-order valence-corrected chi connectivity index (χ0v) is 15.4. The van der Waals surface area contributed by atoms with Gasteiger partial charge in [-0.05, 0) is 37.3 Å². The summed E-state index contributed by atoms with van der Waals surface area (Å²) in [6.07, 6.45) is 10.4. The van der Waals surface area contributed by atoms with Crippen molar-refractivity contribution in [2.45, 2.75) is 45.3 Å². The molecule has 5 heterocycles. The van der Waals surface area contributed by atoms with Crippen LogP contribution < -0.4 is 0 Å². The largest absolute Gasteiger partial charge is 0.338 e. The molecule has 3 aliphatic rings. The number of aromatic nitrogens is 3. The zero-order chi connectivity index (χ0) is 17.9. The van der Waals surface area contributed by atoms with E-state index in [0.29, 0.717) is 18.4 Å². The molecule has 2 aromatic heterocycles. The Balaban J connectivity index is 1.38. The minimum absolute atomic E-state index is 0.288. The molecule has 2 bridgehead atoms. The second-order valence-corrected chi connectivity index (χ2v) is 7.62. The van der Waals surface area contributed by atoms with E-state index >= 15 is 0 Å². The number of aryl methyl sites for hydroxylation is 2. The number of hydrogen-bond acceptors (Lipinski definition) is 4.